The van der Waals surface area contributed by atoms with Gasteiger partial charge in [-0.05, 0) is 19.3 Å². The molecule has 2 heterocycles. The molecule has 0 aliphatic carbocycles. The highest BCUT2D eigenvalue weighted by Crippen LogP contribution is 2.30. The Morgan fingerprint density at radius 1 is 1.50 bits per heavy atom. The van der Waals surface area contributed by atoms with Crippen LogP contribution < -0.4 is 4.90 Å². The van der Waals surface area contributed by atoms with Gasteiger partial charge in [-0.25, -0.2) is 0 Å². The molecule has 2 atom stereocenters. The number of nitrogens with zero attached hydrogens (tertiary/aromatic N) is 3. The van der Waals surface area contributed by atoms with Crippen molar-refractivity contribution in [3.63, 3.8) is 0 Å². The van der Waals surface area contributed by atoms with E-state index >= 15 is 0 Å². The summed E-state index contributed by atoms with van der Waals surface area (Å²) < 4.78 is 7.59. The SMILES string of the molecule is COC1CN(c2c(CBr)c(C)nn2C)CCC1C. The van der Waals surface area contributed by atoms with Gasteiger partial charge in [-0.1, -0.05) is 22.9 Å². The number of aromatic nitrogens is 2. The van der Waals surface area contributed by atoms with Crippen LogP contribution in [0.1, 0.15) is 24.6 Å². The first kappa shape index (κ1) is 13.9. The zero-order valence-electron chi connectivity index (χ0n) is 11.6. The predicted octanol–water partition coefficient (Wildman–Crippen LogP) is 2.48. The number of anilines is 1. The van der Waals surface area contributed by atoms with Gasteiger partial charge in [0.1, 0.15) is 5.82 Å². The highest BCUT2D eigenvalue weighted by molar-refractivity contribution is 9.08. The van der Waals surface area contributed by atoms with Crippen LogP contribution in [0, 0.1) is 12.8 Å². The molecule has 0 aromatic carbocycles. The third kappa shape index (κ3) is 2.43. The molecule has 1 saturated heterocycles. The number of hydrogen-bond acceptors (Lipinski definition) is 3. The van der Waals surface area contributed by atoms with Gasteiger partial charge >= 0.3 is 0 Å². The van der Waals surface area contributed by atoms with Crippen molar-refractivity contribution in [1.29, 1.82) is 0 Å². The van der Waals surface area contributed by atoms with E-state index in [1.165, 1.54) is 17.8 Å². The van der Waals surface area contributed by atoms with Crippen molar-refractivity contribution in [3.05, 3.63) is 11.3 Å². The Hall–Kier alpha value is -0.550. The molecule has 1 fully saturated rings. The molecule has 0 saturated carbocycles. The summed E-state index contributed by atoms with van der Waals surface area (Å²) in [5, 5.41) is 5.38. The number of aryl methyl sites for hydroxylation is 2. The van der Waals surface area contributed by atoms with E-state index in [0.29, 0.717) is 12.0 Å². The Bertz CT molecular complexity index is 419. The second-order valence-electron chi connectivity index (χ2n) is 5.13. The maximum absolute atomic E-state index is 5.59. The largest absolute Gasteiger partial charge is 0.379 e. The van der Waals surface area contributed by atoms with E-state index < -0.39 is 0 Å². The molecule has 4 nitrogen and oxygen atoms in total. The summed E-state index contributed by atoms with van der Waals surface area (Å²) in [6.45, 7) is 6.38. The van der Waals surface area contributed by atoms with Gasteiger partial charge in [0.05, 0.1) is 11.8 Å². The Kier molecular flexibility index (Phi) is 4.33. The molecular weight excluding hydrogens is 294 g/mol. The summed E-state index contributed by atoms with van der Waals surface area (Å²) in [7, 11) is 3.83. The van der Waals surface area contributed by atoms with Crippen LogP contribution in [0.4, 0.5) is 5.82 Å². The van der Waals surface area contributed by atoms with Crippen LogP contribution in [0.5, 0.6) is 0 Å². The number of ether oxygens (including phenoxy) is 1. The van der Waals surface area contributed by atoms with Crippen LogP contribution >= 0.6 is 15.9 Å². The van der Waals surface area contributed by atoms with E-state index in [0.717, 1.165) is 24.1 Å². The first-order valence-corrected chi connectivity index (χ1v) is 7.56. The van der Waals surface area contributed by atoms with Crippen LogP contribution in [0.25, 0.3) is 0 Å². The number of halogens is 1. The number of rotatable bonds is 3. The van der Waals surface area contributed by atoms with E-state index in [-0.39, 0.29) is 0 Å². The lowest BCUT2D eigenvalue weighted by atomic mass is 9.95. The summed E-state index contributed by atoms with van der Waals surface area (Å²) in [6, 6.07) is 0. The molecule has 0 N–H and O–H groups in total. The number of methoxy groups -OCH3 is 1. The van der Waals surface area contributed by atoms with E-state index in [1.807, 2.05) is 18.8 Å². The zero-order chi connectivity index (χ0) is 13.3. The second kappa shape index (κ2) is 5.61. The number of hydrogen-bond donors (Lipinski definition) is 0. The van der Waals surface area contributed by atoms with E-state index in [2.05, 4.69) is 39.8 Å². The number of piperidine rings is 1. The summed E-state index contributed by atoms with van der Waals surface area (Å²) in [6.07, 6.45) is 1.49. The second-order valence-corrected chi connectivity index (χ2v) is 5.69. The molecule has 5 heteroatoms. The van der Waals surface area contributed by atoms with Gasteiger partial charge in [0.15, 0.2) is 0 Å². The molecule has 1 aliphatic heterocycles. The summed E-state index contributed by atoms with van der Waals surface area (Å²) >= 11 is 3.57. The Morgan fingerprint density at radius 3 is 2.83 bits per heavy atom. The lowest BCUT2D eigenvalue weighted by Gasteiger charge is -2.37. The van der Waals surface area contributed by atoms with Crippen molar-refractivity contribution in [2.45, 2.75) is 31.7 Å². The summed E-state index contributed by atoms with van der Waals surface area (Å²) in [5.74, 6) is 1.87. The average Bonchev–Trinajstić information content (AvgIpc) is 2.64. The first-order valence-electron chi connectivity index (χ1n) is 6.44. The third-order valence-electron chi connectivity index (χ3n) is 3.94. The Balaban J connectivity index is 2.26. The Morgan fingerprint density at radius 2 is 2.22 bits per heavy atom. The number of alkyl halides is 1. The predicted molar refractivity (Wildman–Crippen MR) is 77.4 cm³/mol. The highest BCUT2D eigenvalue weighted by atomic mass is 79.9. The van der Waals surface area contributed by atoms with Gasteiger partial charge in [-0.3, -0.25) is 4.68 Å². The van der Waals surface area contributed by atoms with E-state index in [9.17, 15) is 0 Å². The standard InChI is InChI=1S/C13H22BrN3O/c1-9-5-6-17(8-12(9)18-4)13-11(7-14)10(2)15-16(13)3/h9,12H,5-8H2,1-4H3. The van der Waals surface area contributed by atoms with Crippen LogP contribution in [0.15, 0.2) is 0 Å². The maximum Gasteiger partial charge on any atom is 0.130 e. The maximum atomic E-state index is 5.59. The fourth-order valence-electron chi connectivity index (χ4n) is 2.77. The van der Waals surface area contributed by atoms with Crippen molar-refractivity contribution in [2.24, 2.45) is 13.0 Å². The minimum Gasteiger partial charge on any atom is -0.379 e. The fourth-order valence-corrected chi connectivity index (χ4v) is 3.43. The molecular formula is C13H22BrN3O. The summed E-state index contributed by atoms with van der Waals surface area (Å²) in [5.41, 5.74) is 2.40. The first-order chi connectivity index (χ1) is 8.58. The molecule has 0 bridgehead atoms. The van der Waals surface area contributed by atoms with Crippen LogP contribution in [-0.2, 0) is 17.1 Å². The monoisotopic (exact) mass is 315 g/mol. The topological polar surface area (TPSA) is 30.3 Å². The van der Waals surface area contributed by atoms with Crippen LogP contribution in [0.2, 0.25) is 0 Å². The Labute approximate surface area is 117 Å². The molecule has 0 radical (unpaired) electrons. The van der Waals surface area contributed by atoms with Gasteiger partial charge in [-0.2, -0.15) is 5.10 Å². The molecule has 18 heavy (non-hydrogen) atoms. The molecule has 1 aliphatic rings. The highest BCUT2D eigenvalue weighted by Gasteiger charge is 2.29. The fraction of sp³-hybridized carbons (Fsp3) is 0.769. The van der Waals surface area contributed by atoms with Gasteiger partial charge in [0.25, 0.3) is 0 Å². The average molecular weight is 316 g/mol. The van der Waals surface area contributed by atoms with Gasteiger partial charge < -0.3 is 9.64 Å². The molecule has 1 aromatic rings. The third-order valence-corrected chi connectivity index (χ3v) is 4.50. The lowest BCUT2D eigenvalue weighted by Crippen LogP contribution is -2.44. The van der Waals surface area contributed by atoms with Crippen molar-refractivity contribution >= 4 is 21.7 Å². The van der Waals surface area contributed by atoms with Gasteiger partial charge in [0.2, 0.25) is 0 Å². The minimum absolute atomic E-state index is 0.317. The van der Waals surface area contributed by atoms with Crippen molar-refractivity contribution in [2.75, 3.05) is 25.1 Å². The molecule has 0 amide bonds. The van der Waals surface area contributed by atoms with E-state index in [1.54, 1.807) is 0 Å². The van der Waals surface area contributed by atoms with E-state index in [4.69, 9.17) is 4.74 Å². The minimum atomic E-state index is 0.317. The van der Waals surface area contributed by atoms with Crippen molar-refractivity contribution in [1.82, 2.24) is 9.78 Å². The lowest BCUT2D eigenvalue weighted by molar-refractivity contribution is 0.0494. The van der Waals surface area contributed by atoms with Crippen LogP contribution in [-0.4, -0.2) is 36.1 Å². The smallest absolute Gasteiger partial charge is 0.130 e. The van der Waals surface area contributed by atoms with Gasteiger partial charge in [0, 0.05) is 38.1 Å². The quantitative estimate of drug-likeness (QED) is 0.803. The van der Waals surface area contributed by atoms with Gasteiger partial charge in [-0.15, -0.1) is 0 Å². The molecule has 1 aromatic heterocycles. The van der Waals surface area contributed by atoms with Crippen molar-refractivity contribution in [3.8, 4) is 0 Å². The molecule has 2 rings (SSSR count). The zero-order valence-corrected chi connectivity index (χ0v) is 13.2. The summed E-state index contributed by atoms with van der Waals surface area (Å²) in [4.78, 5) is 2.41. The molecule has 0 spiro atoms. The van der Waals surface area contributed by atoms with Crippen molar-refractivity contribution < 1.29 is 4.74 Å². The molecule has 102 valence electrons. The van der Waals surface area contributed by atoms with Crippen LogP contribution in [0.3, 0.4) is 0 Å². The normalized spacial score (nSPS) is 24.6. The molecule has 2 unspecified atom stereocenters.